The highest BCUT2D eigenvalue weighted by Gasteiger charge is 2.29. The van der Waals surface area contributed by atoms with Gasteiger partial charge in [-0.1, -0.05) is 11.6 Å². The lowest BCUT2D eigenvalue weighted by Gasteiger charge is -2.31. The number of halogens is 3. The van der Waals surface area contributed by atoms with Crippen LogP contribution in [0.25, 0.3) is 0 Å². The van der Waals surface area contributed by atoms with E-state index >= 15 is 0 Å². The standard InChI is InChI=1S/C10H9Cl2FO/c11-6-3-8(4-6)14-10-2-1-7(13)5-9(10)12/h1-2,5-6,8H,3-4H2. The Balaban J connectivity index is 2.02. The van der Waals surface area contributed by atoms with Crippen molar-refractivity contribution < 1.29 is 9.13 Å². The molecule has 1 nitrogen and oxygen atoms in total. The molecule has 76 valence electrons. The van der Waals surface area contributed by atoms with Crippen LogP contribution in [0.1, 0.15) is 12.8 Å². The van der Waals surface area contributed by atoms with Crippen molar-refractivity contribution in [2.24, 2.45) is 0 Å². The average Bonchev–Trinajstić information content (AvgIpc) is 2.06. The van der Waals surface area contributed by atoms with E-state index in [0.29, 0.717) is 10.8 Å². The van der Waals surface area contributed by atoms with Crippen molar-refractivity contribution >= 4 is 23.2 Å². The smallest absolute Gasteiger partial charge is 0.138 e. The molecule has 4 heteroatoms. The molecule has 2 rings (SSSR count). The minimum absolute atomic E-state index is 0.125. The van der Waals surface area contributed by atoms with E-state index in [1.54, 1.807) is 6.07 Å². The van der Waals surface area contributed by atoms with Gasteiger partial charge in [-0.25, -0.2) is 4.39 Å². The Morgan fingerprint density at radius 2 is 2.07 bits per heavy atom. The van der Waals surface area contributed by atoms with Crippen LogP contribution in [0.3, 0.4) is 0 Å². The highest BCUT2D eigenvalue weighted by Crippen LogP contribution is 2.33. The van der Waals surface area contributed by atoms with Crippen LogP contribution in [-0.4, -0.2) is 11.5 Å². The van der Waals surface area contributed by atoms with Crippen LogP contribution in [-0.2, 0) is 0 Å². The first kappa shape index (κ1) is 10.1. The Morgan fingerprint density at radius 3 is 2.64 bits per heavy atom. The van der Waals surface area contributed by atoms with Gasteiger partial charge in [0.2, 0.25) is 0 Å². The monoisotopic (exact) mass is 234 g/mol. The van der Waals surface area contributed by atoms with E-state index in [1.165, 1.54) is 12.1 Å². The third-order valence-corrected chi connectivity index (χ3v) is 2.88. The Labute approximate surface area is 91.8 Å². The van der Waals surface area contributed by atoms with Crippen LogP contribution in [0.15, 0.2) is 18.2 Å². The lowest BCUT2D eigenvalue weighted by atomic mass is 9.95. The fraction of sp³-hybridized carbons (Fsp3) is 0.400. The Morgan fingerprint density at radius 1 is 1.36 bits per heavy atom. The van der Waals surface area contributed by atoms with Gasteiger partial charge in [0.25, 0.3) is 0 Å². The molecule has 1 aromatic rings. The largest absolute Gasteiger partial charge is 0.489 e. The number of benzene rings is 1. The molecular formula is C10H9Cl2FO. The number of rotatable bonds is 2. The molecule has 1 aliphatic carbocycles. The maximum atomic E-state index is 12.7. The molecule has 0 unspecified atom stereocenters. The lowest BCUT2D eigenvalue weighted by Crippen LogP contribution is -2.34. The van der Waals surface area contributed by atoms with E-state index in [-0.39, 0.29) is 17.3 Å². The van der Waals surface area contributed by atoms with E-state index in [2.05, 4.69) is 0 Å². The van der Waals surface area contributed by atoms with Gasteiger partial charge < -0.3 is 4.74 Å². The van der Waals surface area contributed by atoms with Crippen molar-refractivity contribution in [1.29, 1.82) is 0 Å². The summed E-state index contributed by atoms with van der Waals surface area (Å²) in [6, 6.07) is 4.12. The summed E-state index contributed by atoms with van der Waals surface area (Å²) in [5.74, 6) is 0.174. The molecule has 0 radical (unpaired) electrons. The fourth-order valence-electron chi connectivity index (χ4n) is 1.35. The summed E-state index contributed by atoms with van der Waals surface area (Å²) in [4.78, 5) is 0. The zero-order valence-corrected chi connectivity index (χ0v) is 8.85. The molecular weight excluding hydrogens is 226 g/mol. The van der Waals surface area contributed by atoms with Crippen molar-refractivity contribution in [3.8, 4) is 5.75 Å². The van der Waals surface area contributed by atoms with Crippen LogP contribution in [0, 0.1) is 5.82 Å². The molecule has 1 aromatic carbocycles. The second-order valence-corrected chi connectivity index (χ2v) is 4.41. The van der Waals surface area contributed by atoms with Crippen molar-refractivity contribution in [2.75, 3.05) is 0 Å². The van der Waals surface area contributed by atoms with E-state index in [9.17, 15) is 4.39 Å². The van der Waals surface area contributed by atoms with E-state index in [1.807, 2.05) is 0 Å². The Hall–Kier alpha value is -0.470. The van der Waals surface area contributed by atoms with Gasteiger partial charge in [0.1, 0.15) is 17.7 Å². The van der Waals surface area contributed by atoms with Crippen molar-refractivity contribution in [2.45, 2.75) is 24.3 Å². The molecule has 0 heterocycles. The molecule has 0 atom stereocenters. The number of hydrogen-bond acceptors (Lipinski definition) is 1. The topological polar surface area (TPSA) is 9.23 Å². The summed E-state index contributed by atoms with van der Waals surface area (Å²) in [5, 5.41) is 0.516. The number of alkyl halides is 1. The third-order valence-electron chi connectivity index (χ3n) is 2.22. The lowest BCUT2D eigenvalue weighted by molar-refractivity contribution is 0.124. The van der Waals surface area contributed by atoms with Crippen molar-refractivity contribution in [1.82, 2.24) is 0 Å². The first-order valence-electron chi connectivity index (χ1n) is 4.41. The summed E-state index contributed by atoms with van der Waals surface area (Å²) in [5.41, 5.74) is 0. The SMILES string of the molecule is Fc1ccc(OC2CC(Cl)C2)c(Cl)c1. The highest BCUT2D eigenvalue weighted by atomic mass is 35.5. The molecule has 0 aromatic heterocycles. The van der Waals surface area contributed by atoms with Gasteiger partial charge in [-0.05, 0) is 18.2 Å². The molecule has 0 amide bonds. The molecule has 0 saturated heterocycles. The molecule has 1 fully saturated rings. The van der Waals surface area contributed by atoms with Gasteiger partial charge in [0.05, 0.1) is 5.02 Å². The average molecular weight is 235 g/mol. The molecule has 1 aliphatic rings. The number of ether oxygens (including phenoxy) is 1. The Kier molecular flexibility index (Phi) is 2.84. The molecule has 0 N–H and O–H groups in total. The zero-order chi connectivity index (χ0) is 10.1. The third kappa shape index (κ3) is 2.12. The van der Waals surface area contributed by atoms with Crippen LogP contribution in [0.4, 0.5) is 4.39 Å². The van der Waals surface area contributed by atoms with Gasteiger partial charge in [-0.15, -0.1) is 11.6 Å². The minimum atomic E-state index is -0.355. The fourth-order valence-corrected chi connectivity index (χ4v) is 1.96. The van der Waals surface area contributed by atoms with Crippen molar-refractivity contribution in [3.05, 3.63) is 29.0 Å². The van der Waals surface area contributed by atoms with Crippen LogP contribution in [0.2, 0.25) is 5.02 Å². The van der Waals surface area contributed by atoms with Gasteiger partial charge >= 0.3 is 0 Å². The predicted molar refractivity (Wildman–Crippen MR) is 54.7 cm³/mol. The quantitative estimate of drug-likeness (QED) is 0.711. The minimum Gasteiger partial charge on any atom is -0.489 e. The van der Waals surface area contributed by atoms with E-state index < -0.39 is 0 Å². The van der Waals surface area contributed by atoms with E-state index in [4.69, 9.17) is 27.9 Å². The molecule has 0 spiro atoms. The molecule has 14 heavy (non-hydrogen) atoms. The molecule has 0 aliphatic heterocycles. The summed E-state index contributed by atoms with van der Waals surface area (Å²) in [7, 11) is 0. The summed E-state index contributed by atoms with van der Waals surface area (Å²) >= 11 is 11.6. The number of hydrogen-bond donors (Lipinski definition) is 0. The highest BCUT2D eigenvalue weighted by molar-refractivity contribution is 6.32. The summed E-state index contributed by atoms with van der Waals surface area (Å²) in [6.07, 6.45) is 1.78. The van der Waals surface area contributed by atoms with Gasteiger partial charge in [0.15, 0.2) is 0 Å². The first-order valence-corrected chi connectivity index (χ1v) is 5.22. The zero-order valence-electron chi connectivity index (χ0n) is 7.34. The second-order valence-electron chi connectivity index (χ2n) is 3.38. The van der Waals surface area contributed by atoms with Crippen molar-refractivity contribution in [3.63, 3.8) is 0 Å². The van der Waals surface area contributed by atoms with Gasteiger partial charge in [-0.3, -0.25) is 0 Å². The maximum absolute atomic E-state index is 12.7. The normalized spacial score (nSPS) is 25.6. The predicted octanol–water partition coefficient (Wildman–Crippen LogP) is 3.63. The maximum Gasteiger partial charge on any atom is 0.138 e. The van der Waals surface area contributed by atoms with Crippen LogP contribution >= 0.6 is 23.2 Å². The molecule has 0 bridgehead atoms. The summed E-state index contributed by atoms with van der Waals surface area (Å²) < 4.78 is 18.2. The van der Waals surface area contributed by atoms with Crippen LogP contribution in [0.5, 0.6) is 5.75 Å². The Bertz CT molecular complexity index is 337. The first-order chi connectivity index (χ1) is 6.65. The molecule has 1 saturated carbocycles. The van der Waals surface area contributed by atoms with Gasteiger partial charge in [-0.2, -0.15) is 0 Å². The summed E-state index contributed by atoms with van der Waals surface area (Å²) in [6.45, 7) is 0. The van der Waals surface area contributed by atoms with Gasteiger partial charge in [0, 0.05) is 18.2 Å². The van der Waals surface area contributed by atoms with Crippen LogP contribution < -0.4 is 4.74 Å². The second kappa shape index (κ2) is 3.95. The van der Waals surface area contributed by atoms with E-state index in [0.717, 1.165) is 12.8 Å².